The van der Waals surface area contributed by atoms with Gasteiger partial charge in [0.15, 0.2) is 24.9 Å². The van der Waals surface area contributed by atoms with Gasteiger partial charge in [0.25, 0.3) is 0 Å². The van der Waals surface area contributed by atoms with Crippen molar-refractivity contribution in [3.8, 4) is 0 Å². The minimum absolute atomic E-state index is 0.0628. The first-order valence-electron chi connectivity index (χ1n) is 10.1. The van der Waals surface area contributed by atoms with Gasteiger partial charge in [0, 0.05) is 0 Å². The molecule has 2 saturated heterocycles. The molecule has 3 atom stereocenters. The van der Waals surface area contributed by atoms with Crippen LogP contribution in [-0.4, -0.2) is 54.1 Å². The molecule has 4 rings (SSSR count). The highest BCUT2D eigenvalue weighted by molar-refractivity contribution is 6.74. The zero-order valence-electron chi connectivity index (χ0n) is 18.5. The van der Waals surface area contributed by atoms with Crippen LogP contribution in [0, 0.1) is 0 Å². The first kappa shape index (κ1) is 22.5. The van der Waals surface area contributed by atoms with Gasteiger partial charge in [0.05, 0.1) is 18.9 Å². The Bertz CT molecular complexity index is 975. The van der Waals surface area contributed by atoms with Crippen molar-refractivity contribution in [2.24, 2.45) is 0 Å². The van der Waals surface area contributed by atoms with Crippen molar-refractivity contribution in [3.63, 3.8) is 0 Å². The second-order valence-corrected chi connectivity index (χ2v) is 15.5. The van der Waals surface area contributed by atoms with Crippen LogP contribution in [0.4, 0.5) is 0 Å². The lowest BCUT2D eigenvalue weighted by Crippen LogP contribution is -2.46. The molecule has 0 aliphatic carbocycles. The maximum Gasteiger partial charge on any atom is 0.242 e. The number of halogens is 2. The maximum absolute atomic E-state index is 6.46. The molecule has 2 aliphatic rings. The molecule has 0 unspecified atom stereocenters. The molecule has 7 nitrogen and oxygen atoms in total. The van der Waals surface area contributed by atoms with Gasteiger partial charge in [-0.15, -0.1) is 5.10 Å². The van der Waals surface area contributed by atoms with Crippen LogP contribution in [0.1, 0.15) is 40.3 Å². The Hall–Kier alpha value is -0.743. The van der Waals surface area contributed by atoms with E-state index in [4.69, 9.17) is 41.8 Å². The van der Waals surface area contributed by atoms with Crippen molar-refractivity contribution in [1.29, 1.82) is 0 Å². The summed E-state index contributed by atoms with van der Waals surface area (Å²) in [5.41, 5.74) is 0.575. The van der Waals surface area contributed by atoms with Gasteiger partial charge in [-0.3, -0.25) is 0 Å². The predicted octanol–water partition coefficient (Wildman–Crippen LogP) is 4.80. The van der Waals surface area contributed by atoms with Gasteiger partial charge in [-0.1, -0.05) is 32.4 Å². The van der Waals surface area contributed by atoms with Gasteiger partial charge >= 0.3 is 0 Å². The minimum atomic E-state index is -1.94. The highest BCUT2D eigenvalue weighted by atomic mass is 35.5. The lowest BCUT2D eigenvalue weighted by molar-refractivity contribution is -0.194. The molecule has 0 N–H and O–H groups in total. The summed E-state index contributed by atoms with van der Waals surface area (Å²) in [7, 11) is -1.94. The standard InChI is InChI=1S/C20H29Cl2N3O4Si/c1-18(2,3)30(6,7)27-10-13-15-20(11-26-13,29-19(4,5)28-15)14-9-8-12-16(21)23-17(22)24-25(12)14/h8-9,13,15H,10-11H2,1-7H3/t13-,15-,20-/m1/s1. The van der Waals surface area contributed by atoms with Gasteiger partial charge in [0.1, 0.15) is 17.7 Å². The van der Waals surface area contributed by atoms with E-state index in [0.717, 1.165) is 5.69 Å². The average Bonchev–Trinajstić information content (AvgIpc) is 3.21. The second kappa shape index (κ2) is 7.13. The number of hydrogen-bond acceptors (Lipinski definition) is 6. The van der Waals surface area contributed by atoms with Gasteiger partial charge in [-0.05, 0) is 55.7 Å². The summed E-state index contributed by atoms with van der Waals surface area (Å²) in [5, 5.41) is 4.81. The van der Waals surface area contributed by atoms with Crippen LogP contribution >= 0.6 is 23.2 Å². The summed E-state index contributed by atoms with van der Waals surface area (Å²) < 4.78 is 27.1. The summed E-state index contributed by atoms with van der Waals surface area (Å²) in [4.78, 5) is 4.03. The topological polar surface area (TPSA) is 67.1 Å². The zero-order chi connectivity index (χ0) is 22.1. The molecule has 2 aromatic heterocycles. The van der Waals surface area contributed by atoms with E-state index in [1.165, 1.54) is 0 Å². The van der Waals surface area contributed by atoms with Gasteiger partial charge < -0.3 is 18.6 Å². The summed E-state index contributed by atoms with van der Waals surface area (Å²) in [6, 6.07) is 3.78. The Kier molecular flexibility index (Phi) is 5.34. The fourth-order valence-corrected chi connectivity index (χ4v) is 5.34. The highest BCUT2D eigenvalue weighted by Gasteiger charge is 2.63. The van der Waals surface area contributed by atoms with Crippen molar-refractivity contribution >= 4 is 37.0 Å². The van der Waals surface area contributed by atoms with Crippen molar-refractivity contribution < 1.29 is 18.6 Å². The molecule has 0 amide bonds. The monoisotopic (exact) mass is 473 g/mol. The molecule has 2 aromatic rings. The average molecular weight is 474 g/mol. The number of hydrogen-bond donors (Lipinski definition) is 0. The molecule has 0 radical (unpaired) electrons. The fraction of sp³-hybridized carbons (Fsp3) is 0.700. The number of fused-ring (bicyclic) bond motifs is 2. The Labute approximate surface area is 188 Å². The smallest absolute Gasteiger partial charge is 0.242 e. The summed E-state index contributed by atoms with van der Waals surface area (Å²) in [6.07, 6.45) is -0.623. The van der Waals surface area contributed by atoms with E-state index < -0.39 is 19.7 Å². The normalized spacial score (nSPS) is 29.0. The molecule has 0 bridgehead atoms. The Morgan fingerprint density at radius 1 is 1.27 bits per heavy atom. The van der Waals surface area contributed by atoms with Crippen LogP contribution in [0.25, 0.3) is 5.52 Å². The number of rotatable bonds is 4. The number of aromatic nitrogens is 3. The fourth-order valence-electron chi connectivity index (χ4n) is 3.90. The predicted molar refractivity (Wildman–Crippen MR) is 118 cm³/mol. The SMILES string of the molecule is CC1(C)O[C@@H]2[C@@H](CO[Si](C)(C)C(C)(C)C)OC[C@]2(c2ccc3c(Cl)nc(Cl)nn23)O1. The molecule has 30 heavy (non-hydrogen) atoms. The van der Waals surface area contributed by atoms with Crippen LogP contribution in [0.5, 0.6) is 0 Å². The molecule has 2 aliphatic heterocycles. The van der Waals surface area contributed by atoms with E-state index in [2.05, 4.69) is 43.9 Å². The summed E-state index contributed by atoms with van der Waals surface area (Å²) in [5.74, 6) is -0.783. The molecule has 10 heteroatoms. The van der Waals surface area contributed by atoms with Gasteiger partial charge in [-0.2, -0.15) is 0 Å². The third-order valence-corrected chi connectivity index (χ3v) is 11.4. The highest BCUT2D eigenvalue weighted by Crippen LogP contribution is 2.50. The van der Waals surface area contributed by atoms with Crippen molar-refractivity contribution in [2.45, 2.75) is 76.3 Å². The first-order chi connectivity index (χ1) is 13.8. The number of nitrogens with zero attached hydrogens (tertiary/aromatic N) is 3. The van der Waals surface area contributed by atoms with Crippen LogP contribution in [-0.2, 0) is 24.2 Å². The molecule has 4 heterocycles. The molecular weight excluding hydrogens is 445 g/mol. The Morgan fingerprint density at radius 3 is 2.63 bits per heavy atom. The van der Waals surface area contributed by atoms with Gasteiger partial charge in [-0.25, -0.2) is 9.50 Å². The third kappa shape index (κ3) is 3.60. The van der Waals surface area contributed by atoms with Gasteiger partial charge in [0.2, 0.25) is 5.28 Å². The summed E-state index contributed by atoms with van der Waals surface area (Å²) >= 11 is 12.4. The summed E-state index contributed by atoms with van der Waals surface area (Å²) in [6.45, 7) is 15.7. The van der Waals surface area contributed by atoms with E-state index in [9.17, 15) is 0 Å². The molecule has 166 valence electrons. The molecular formula is C20H29Cl2N3O4Si. The van der Waals surface area contributed by atoms with Crippen LogP contribution in [0.2, 0.25) is 28.6 Å². The Balaban J connectivity index is 1.70. The van der Waals surface area contributed by atoms with E-state index in [-0.39, 0.29) is 27.7 Å². The Morgan fingerprint density at radius 2 is 1.97 bits per heavy atom. The largest absolute Gasteiger partial charge is 0.414 e. The quantitative estimate of drug-likeness (QED) is 0.593. The second-order valence-electron chi connectivity index (χ2n) is 10.0. The first-order valence-corrected chi connectivity index (χ1v) is 13.8. The van der Waals surface area contributed by atoms with Crippen molar-refractivity contribution in [3.05, 3.63) is 28.3 Å². The third-order valence-electron chi connectivity index (χ3n) is 6.44. The number of ether oxygens (including phenoxy) is 3. The maximum atomic E-state index is 6.46. The van der Waals surface area contributed by atoms with Crippen LogP contribution < -0.4 is 0 Å². The van der Waals surface area contributed by atoms with Crippen LogP contribution in [0.3, 0.4) is 0 Å². The molecule has 0 spiro atoms. The van der Waals surface area contributed by atoms with E-state index in [1.807, 2.05) is 26.0 Å². The lowest BCUT2D eigenvalue weighted by Gasteiger charge is -2.37. The van der Waals surface area contributed by atoms with E-state index in [0.29, 0.717) is 18.7 Å². The van der Waals surface area contributed by atoms with Crippen molar-refractivity contribution in [2.75, 3.05) is 13.2 Å². The van der Waals surface area contributed by atoms with E-state index >= 15 is 0 Å². The molecule has 0 aromatic carbocycles. The minimum Gasteiger partial charge on any atom is -0.414 e. The molecule has 2 fully saturated rings. The van der Waals surface area contributed by atoms with E-state index in [1.54, 1.807) is 4.52 Å². The van der Waals surface area contributed by atoms with Crippen molar-refractivity contribution in [1.82, 2.24) is 14.6 Å². The zero-order valence-corrected chi connectivity index (χ0v) is 21.0. The van der Waals surface area contributed by atoms with Crippen LogP contribution in [0.15, 0.2) is 12.1 Å². The lowest BCUT2D eigenvalue weighted by atomic mass is 9.93. The molecule has 0 saturated carbocycles.